The molecule has 1 heterocycles. The third-order valence-corrected chi connectivity index (χ3v) is 5.33. The van der Waals surface area contributed by atoms with Crippen molar-refractivity contribution in [3.05, 3.63) is 0 Å². The minimum atomic E-state index is -0.0134. The first-order valence-electron chi connectivity index (χ1n) is 8.22. The number of hydrogen-bond donors (Lipinski definition) is 2. The highest BCUT2D eigenvalue weighted by atomic mass is 16.3. The van der Waals surface area contributed by atoms with Crippen molar-refractivity contribution in [1.29, 1.82) is 0 Å². The number of hydrogen-bond acceptors (Lipinski definition) is 3. The molecule has 2 fully saturated rings. The fraction of sp³-hybridized carbons (Fsp3) is 1.00. The van der Waals surface area contributed by atoms with Crippen LogP contribution in [0.15, 0.2) is 0 Å². The molecule has 1 saturated heterocycles. The van der Waals surface area contributed by atoms with Crippen molar-refractivity contribution < 1.29 is 5.11 Å². The molecule has 1 aliphatic carbocycles. The number of likely N-dealkylation sites (tertiary alicyclic amines) is 1. The summed E-state index contributed by atoms with van der Waals surface area (Å²) in [5.74, 6) is 0.881. The summed E-state index contributed by atoms with van der Waals surface area (Å²) in [5.41, 5.74) is -0.0134. The molecule has 4 unspecified atom stereocenters. The van der Waals surface area contributed by atoms with E-state index in [9.17, 15) is 5.11 Å². The highest BCUT2D eigenvalue weighted by molar-refractivity contribution is 4.97. The minimum absolute atomic E-state index is 0.0134. The van der Waals surface area contributed by atoms with Crippen LogP contribution in [0.25, 0.3) is 0 Å². The lowest BCUT2D eigenvalue weighted by Crippen LogP contribution is -2.58. The second-order valence-corrected chi connectivity index (χ2v) is 6.94. The molecular weight excluding hydrogens is 236 g/mol. The molecule has 112 valence electrons. The Kier molecular flexibility index (Phi) is 5.27. The maximum atomic E-state index is 9.82. The van der Waals surface area contributed by atoms with E-state index in [-0.39, 0.29) is 12.1 Å². The van der Waals surface area contributed by atoms with E-state index in [1.807, 2.05) is 0 Å². The maximum Gasteiger partial charge on any atom is 0.0613 e. The van der Waals surface area contributed by atoms with Crippen LogP contribution in [0.2, 0.25) is 0 Å². The molecule has 0 aromatic heterocycles. The third kappa shape index (κ3) is 3.50. The van der Waals surface area contributed by atoms with Crippen molar-refractivity contribution in [2.75, 3.05) is 19.7 Å². The Labute approximate surface area is 118 Å². The zero-order chi connectivity index (χ0) is 13.9. The molecule has 0 spiro atoms. The molecule has 4 atom stereocenters. The van der Waals surface area contributed by atoms with E-state index in [0.717, 1.165) is 25.3 Å². The summed E-state index contributed by atoms with van der Waals surface area (Å²) in [4.78, 5) is 2.72. The monoisotopic (exact) mass is 268 g/mol. The average Bonchev–Trinajstić information content (AvgIpc) is 2.39. The number of aliphatic hydroxyl groups excluding tert-OH is 1. The Morgan fingerprint density at radius 1 is 1.32 bits per heavy atom. The Hall–Kier alpha value is -0.120. The lowest BCUT2D eigenvalue weighted by Gasteiger charge is -2.48. The van der Waals surface area contributed by atoms with Crippen LogP contribution >= 0.6 is 0 Å². The van der Waals surface area contributed by atoms with Gasteiger partial charge in [0.15, 0.2) is 0 Å². The summed E-state index contributed by atoms with van der Waals surface area (Å²) in [6, 6.07) is 1.38. The lowest BCUT2D eigenvalue weighted by atomic mass is 9.77. The van der Waals surface area contributed by atoms with Gasteiger partial charge in [-0.05, 0) is 64.5 Å². The van der Waals surface area contributed by atoms with E-state index in [1.54, 1.807) is 0 Å². The van der Waals surface area contributed by atoms with Crippen LogP contribution in [-0.4, -0.2) is 47.3 Å². The predicted octanol–water partition coefficient (Wildman–Crippen LogP) is 2.39. The SMILES string of the molecule is CCNC1(CO)CCCC(N2CCC(C)CC2C)C1. The summed E-state index contributed by atoms with van der Waals surface area (Å²) in [7, 11) is 0. The van der Waals surface area contributed by atoms with Crippen LogP contribution < -0.4 is 5.32 Å². The predicted molar refractivity (Wildman–Crippen MR) is 80.3 cm³/mol. The van der Waals surface area contributed by atoms with Crippen LogP contribution in [0.5, 0.6) is 0 Å². The van der Waals surface area contributed by atoms with Gasteiger partial charge in [-0.25, -0.2) is 0 Å². The molecular formula is C16H32N2O. The van der Waals surface area contributed by atoms with Crippen LogP contribution in [0, 0.1) is 5.92 Å². The second-order valence-electron chi connectivity index (χ2n) is 6.94. The van der Waals surface area contributed by atoms with E-state index in [2.05, 4.69) is 31.0 Å². The summed E-state index contributed by atoms with van der Waals surface area (Å²) < 4.78 is 0. The Bertz CT molecular complexity index is 280. The third-order valence-electron chi connectivity index (χ3n) is 5.33. The van der Waals surface area contributed by atoms with Crippen LogP contribution in [0.3, 0.4) is 0 Å². The molecule has 1 aliphatic heterocycles. The number of aliphatic hydroxyl groups is 1. The number of piperidine rings is 1. The normalized spacial score (nSPS) is 41.4. The first kappa shape index (κ1) is 15.3. The van der Waals surface area contributed by atoms with Gasteiger partial charge in [0, 0.05) is 17.6 Å². The van der Waals surface area contributed by atoms with E-state index in [0.29, 0.717) is 12.1 Å². The zero-order valence-electron chi connectivity index (χ0n) is 13.0. The van der Waals surface area contributed by atoms with Crippen LogP contribution in [0.4, 0.5) is 0 Å². The van der Waals surface area contributed by atoms with Gasteiger partial charge in [0.05, 0.1) is 6.61 Å². The molecule has 19 heavy (non-hydrogen) atoms. The maximum absolute atomic E-state index is 9.82. The first-order valence-corrected chi connectivity index (χ1v) is 8.22. The molecule has 2 aliphatic rings. The van der Waals surface area contributed by atoms with Crippen LogP contribution in [0.1, 0.15) is 59.3 Å². The Morgan fingerprint density at radius 2 is 2.11 bits per heavy atom. The molecule has 0 aromatic rings. The van der Waals surface area contributed by atoms with Crippen molar-refractivity contribution in [2.24, 2.45) is 5.92 Å². The number of nitrogens with one attached hydrogen (secondary N) is 1. The summed E-state index contributed by atoms with van der Waals surface area (Å²) in [6.07, 6.45) is 7.49. The van der Waals surface area contributed by atoms with Gasteiger partial charge in [-0.1, -0.05) is 13.8 Å². The van der Waals surface area contributed by atoms with Gasteiger partial charge in [0.1, 0.15) is 0 Å². The van der Waals surface area contributed by atoms with Crippen molar-refractivity contribution in [3.63, 3.8) is 0 Å². The zero-order valence-corrected chi connectivity index (χ0v) is 13.0. The number of likely N-dealkylation sites (N-methyl/N-ethyl adjacent to an activating group) is 1. The van der Waals surface area contributed by atoms with E-state index in [4.69, 9.17) is 0 Å². The molecule has 3 heteroatoms. The van der Waals surface area contributed by atoms with Gasteiger partial charge >= 0.3 is 0 Å². The van der Waals surface area contributed by atoms with Crippen molar-refractivity contribution in [3.8, 4) is 0 Å². The first-order chi connectivity index (χ1) is 9.10. The molecule has 2 rings (SSSR count). The summed E-state index contributed by atoms with van der Waals surface area (Å²) >= 11 is 0. The van der Waals surface area contributed by atoms with Gasteiger partial charge in [-0.3, -0.25) is 4.90 Å². The fourth-order valence-corrected chi connectivity index (χ4v) is 4.32. The van der Waals surface area contributed by atoms with Gasteiger partial charge in [0.25, 0.3) is 0 Å². The fourth-order valence-electron chi connectivity index (χ4n) is 4.32. The largest absolute Gasteiger partial charge is 0.394 e. The lowest BCUT2D eigenvalue weighted by molar-refractivity contribution is 0.0191. The van der Waals surface area contributed by atoms with E-state index >= 15 is 0 Å². The standard InChI is InChI=1S/C16H32N2O/c1-4-17-16(12-19)8-5-6-15(11-16)18-9-7-13(2)10-14(18)3/h13-15,17,19H,4-12H2,1-3H3. The van der Waals surface area contributed by atoms with E-state index < -0.39 is 0 Å². The Balaban J connectivity index is 2.00. The van der Waals surface area contributed by atoms with Crippen molar-refractivity contribution >= 4 is 0 Å². The Morgan fingerprint density at radius 3 is 2.74 bits per heavy atom. The topological polar surface area (TPSA) is 35.5 Å². The highest BCUT2D eigenvalue weighted by Crippen LogP contribution is 2.34. The number of nitrogens with zero attached hydrogens (tertiary/aromatic N) is 1. The van der Waals surface area contributed by atoms with Gasteiger partial charge in [-0.2, -0.15) is 0 Å². The second kappa shape index (κ2) is 6.55. The van der Waals surface area contributed by atoms with E-state index in [1.165, 1.54) is 32.2 Å². The highest BCUT2D eigenvalue weighted by Gasteiger charge is 2.39. The summed E-state index contributed by atoms with van der Waals surface area (Å²) in [6.45, 7) is 9.41. The van der Waals surface area contributed by atoms with Gasteiger partial charge in [0.2, 0.25) is 0 Å². The molecule has 0 aromatic carbocycles. The molecule has 2 N–H and O–H groups in total. The smallest absolute Gasteiger partial charge is 0.0613 e. The summed E-state index contributed by atoms with van der Waals surface area (Å²) in [5, 5.41) is 13.4. The molecule has 0 radical (unpaired) electrons. The molecule has 0 amide bonds. The van der Waals surface area contributed by atoms with Crippen molar-refractivity contribution in [2.45, 2.75) is 76.9 Å². The average molecular weight is 268 g/mol. The molecule has 1 saturated carbocycles. The molecule has 0 bridgehead atoms. The van der Waals surface area contributed by atoms with Crippen molar-refractivity contribution in [1.82, 2.24) is 10.2 Å². The van der Waals surface area contributed by atoms with Gasteiger partial charge < -0.3 is 10.4 Å². The number of rotatable bonds is 4. The molecule has 3 nitrogen and oxygen atoms in total. The quantitative estimate of drug-likeness (QED) is 0.822. The van der Waals surface area contributed by atoms with Crippen LogP contribution in [-0.2, 0) is 0 Å². The minimum Gasteiger partial charge on any atom is -0.394 e. The van der Waals surface area contributed by atoms with Gasteiger partial charge in [-0.15, -0.1) is 0 Å².